The zero-order valence-electron chi connectivity index (χ0n) is 15.2. The van der Waals surface area contributed by atoms with Crippen molar-refractivity contribution in [1.29, 1.82) is 0 Å². The standard InChI is InChI=1S/C20H28N2O3/c1-15(2)21-19(24)17-14-25-20(11-7-4-8-12-20)22(17)18(23)13-16-9-5-3-6-10-16/h3,5-6,9-10,15,17H,4,7-8,11-14H2,1-2H3,(H,21,24)/t17-/m0/s1. The number of ether oxygens (including phenoxy) is 1. The third-order valence-electron chi connectivity index (χ3n) is 5.10. The van der Waals surface area contributed by atoms with Gasteiger partial charge in [-0.15, -0.1) is 0 Å². The maximum Gasteiger partial charge on any atom is 0.245 e. The fourth-order valence-electron chi connectivity index (χ4n) is 3.98. The molecule has 2 aliphatic rings. The molecular formula is C20H28N2O3. The fraction of sp³-hybridized carbons (Fsp3) is 0.600. The van der Waals surface area contributed by atoms with Crippen molar-refractivity contribution in [2.75, 3.05) is 6.61 Å². The Labute approximate surface area is 149 Å². The quantitative estimate of drug-likeness (QED) is 0.913. The molecule has 1 aromatic rings. The molecule has 0 unspecified atom stereocenters. The molecule has 1 saturated carbocycles. The van der Waals surface area contributed by atoms with E-state index in [0.29, 0.717) is 13.0 Å². The highest BCUT2D eigenvalue weighted by Crippen LogP contribution is 2.40. The molecule has 2 fully saturated rings. The van der Waals surface area contributed by atoms with Crippen LogP contribution in [0.3, 0.4) is 0 Å². The molecule has 1 N–H and O–H groups in total. The molecule has 3 rings (SSSR count). The van der Waals surface area contributed by atoms with Crippen molar-refractivity contribution in [1.82, 2.24) is 10.2 Å². The molecule has 2 amide bonds. The fourth-order valence-corrected chi connectivity index (χ4v) is 3.98. The van der Waals surface area contributed by atoms with Crippen LogP contribution in [0.2, 0.25) is 0 Å². The zero-order valence-corrected chi connectivity index (χ0v) is 15.2. The Morgan fingerprint density at radius 2 is 1.88 bits per heavy atom. The third-order valence-corrected chi connectivity index (χ3v) is 5.10. The first-order valence-electron chi connectivity index (χ1n) is 9.32. The van der Waals surface area contributed by atoms with Gasteiger partial charge in [0.2, 0.25) is 11.8 Å². The van der Waals surface area contributed by atoms with E-state index >= 15 is 0 Å². The van der Waals surface area contributed by atoms with Crippen molar-refractivity contribution >= 4 is 11.8 Å². The molecule has 136 valence electrons. The molecule has 1 aliphatic heterocycles. The van der Waals surface area contributed by atoms with Gasteiger partial charge >= 0.3 is 0 Å². The van der Waals surface area contributed by atoms with Crippen LogP contribution in [0.15, 0.2) is 30.3 Å². The minimum Gasteiger partial charge on any atom is -0.353 e. The molecule has 25 heavy (non-hydrogen) atoms. The zero-order chi connectivity index (χ0) is 17.9. The minimum absolute atomic E-state index is 0.0190. The Morgan fingerprint density at radius 1 is 1.20 bits per heavy atom. The van der Waals surface area contributed by atoms with Crippen LogP contribution in [0.5, 0.6) is 0 Å². The number of carbonyl (C=O) groups excluding carboxylic acids is 2. The summed E-state index contributed by atoms with van der Waals surface area (Å²) in [6, 6.07) is 9.22. The molecule has 5 heteroatoms. The second-order valence-corrected chi connectivity index (χ2v) is 7.42. The predicted octanol–water partition coefficient (Wildman–Crippen LogP) is 2.64. The summed E-state index contributed by atoms with van der Waals surface area (Å²) in [5, 5.41) is 2.94. The number of hydrogen-bond donors (Lipinski definition) is 1. The number of amides is 2. The number of hydrogen-bond acceptors (Lipinski definition) is 3. The van der Waals surface area contributed by atoms with Gasteiger partial charge in [-0.05, 0) is 45.1 Å². The van der Waals surface area contributed by atoms with Crippen LogP contribution in [0.1, 0.15) is 51.5 Å². The second kappa shape index (κ2) is 7.56. The maximum absolute atomic E-state index is 13.2. The molecule has 1 aliphatic carbocycles. The average Bonchev–Trinajstić information content (AvgIpc) is 2.94. The number of rotatable bonds is 4. The largest absolute Gasteiger partial charge is 0.353 e. The summed E-state index contributed by atoms with van der Waals surface area (Å²) in [6.07, 6.45) is 5.17. The lowest BCUT2D eigenvalue weighted by atomic mass is 9.89. The predicted molar refractivity (Wildman–Crippen MR) is 95.8 cm³/mol. The first-order valence-corrected chi connectivity index (χ1v) is 9.32. The van der Waals surface area contributed by atoms with Gasteiger partial charge in [0.15, 0.2) is 0 Å². The molecule has 0 bridgehead atoms. The highest BCUT2D eigenvalue weighted by atomic mass is 16.5. The molecule has 1 atom stereocenters. The van der Waals surface area contributed by atoms with Gasteiger partial charge in [-0.1, -0.05) is 36.8 Å². The van der Waals surface area contributed by atoms with Gasteiger partial charge in [-0.2, -0.15) is 0 Å². The van der Waals surface area contributed by atoms with Crippen molar-refractivity contribution in [3.8, 4) is 0 Å². The Balaban J connectivity index is 1.83. The van der Waals surface area contributed by atoms with Gasteiger partial charge in [0.25, 0.3) is 0 Å². The summed E-state index contributed by atoms with van der Waals surface area (Å²) >= 11 is 0. The van der Waals surface area contributed by atoms with Crippen molar-refractivity contribution in [2.24, 2.45) is 0 Å². The highest BCUT2D eigenvalue weighted by molar-refractivity contribution is 5.89. The topological polar surface area (TPSA) is 58.6 Å². The summed E-state index contributed by atoms with van der Waals surface area (Å²) in [6.45, 7) is 4.15. The third kappa shape index (κ3) is 3.87. The summed E-state index contributed by atoms with van der Waals surface area (Å²) < 4.78 is 6.11. The molecule has 1 spiro atoms. The van der Waals surface area contributed by atoms with Crippen LogP contribution in [0, 0.1) is 0 Å². The molecule has 0 radical (unpaired) electrons. The van der Waals surface area contributed by atoms with Crippen LogP contribution in [-0.4, -0.2) is 41.1 Å². The van der Waals surface area contributed by atoms with E-state index in [2.05, 4.69) is 5.32 Å². The highest BCUT2D eigenvalue weighted by Gasteiger charge is 2.52. The summed E-state index contributed by atoms with van der Waals surface area (Å²) in [5.41, 5.74) is 0.372. The Bertz CT molecular complexity index is 609. The number of nitrogens with zero attached hydrogens (tertiary/aromatic N) is 1. The van der Waals surface area contributed by atoms with Crippen LogP contribution in [0.25, 0.3) is 0 Å². The van der Waals surface area contributed by atoms with E-state index in [4.69, 9.17) is 4.74 Å². The Kier molecular flexibility index (Phi) is 5.42. The number of carbonyl (C=O) groups is 2. The van der Waals surface area contributed by atoms with Gasteiger partial charge in [0.05, 0.1) is 13.0 Å². The van der Waals surface area contributed by atoms with E-state index in [0.717, 1.165) is 37.7 Å². The Morgan fingerprint density at radius 3 is 2.52 bits per heavy atom. The molecule has 1 saturated heterocycles. The SMILES string of the molecule is CC(C)NC(=O)[C@@H]1COC2(CCCCC2)N1C(=O)Cc1ccccc1. The molecule has 1 aromatic carbocycles. The lowest BCUT2D eigenvalue weighted by Crippen LogP contribution is -2.57. The van der Waals surface area contributed by atoms with Gasteiger partial charge in [0.1, 0.15) is 11.8 Å². The summed E-state index contributed by atoms with van der Waals surface area (Å²) in [7, 11) is 0. The van der Waals surface area contributed by atoms with E-state index in [-0.39, 0.29) is 17.9 Å². The number of benzene rings is 1. The smallest absolute Gasteiger partial charge is 0.245 e. The minimum atomic E-state index is -0.594. The van der Waals surface area contributed by atoms with E-state index in [1.807, 2.05) is 44.2 Å². The average molecular weight is 344 g/mol. The van der Waals surface area contributed by atoms with Crippen LogP contribution < -0.4 is 5.32 Å². The maximum atomic E-state index is 13.2. The van der Waals surface area contributed by atoms with Crippen LogP contribution in [-0.2, 0) is 20.7 Å². The van der Waals surface area contributed by atoms with E-state index in [1.165, 1.54) is 0 Å². The molecular weight excluding hydrogens is 316 g/mol. The van der Waals surface area contributed by atoms with Gasteiger partial charge < -0.3 is 10.1 Å². The van der Waals surface area contributed by atoms with Crippen molar-refractivity contribution < 1.29 is 14.3 Å². The lowest BCUT2D eigenvalue weighted by Gasteiger charge is -2.41. The second-order valence-electron chi connectivity index (χ2n) is 7.42. The van der Waals surface area contributed by atoms with E-state index < -0.39 is 11.8 Å². The van der Waals surface area contributed by atoms with Gasteiger partial charge in [-0.3, -0.25) is 14.5 Å². The van der Waals surface area contributed by atoms with Crippen molar-refractivity contribution in [3.63, 3.8) is 0 Å². The normalized spacial score (nSPS) is 22.4. The lowest BCUT2D eigenvalue weighted by molar-refractivity contribution is -0.159. The van der Waals surface area contributed by atoms with Crippen molar-refractivity contribution in [3.05, 3.63) is 35.9 Å². The van der Waals surface area contributed by atoms with Crippen molar-refractivity contribution in [2.45, 2.75) is 70.2 Å². The van der Waals surface area contributed by atoms with E-state index in [1.54, 1.807) is 4.90 Å². The summed E-state index contributed by atoms with van der Waals surface area (Å²) in [4.78, 5) is 27.6. The van der Waals surface area contributed by atoms with Crippen LogP contribution in [0.4, 0.5) is 0 Å². The molecule has 1 heterocycles. The van der Waals surface area contributed by atoms with Gasteiger partial charge in [0, 0.05) is 6.04 Å². The molecule has 0 aromatic heterocycles. The monoisotopic (exact) mass is 344 g/mol. The first-order chi connectivity index (χ1) is 12.0. The molecule has 5 nitrogen and oxygen atoms in total. The first kappa shape index (κ1) is 17.9. The number of nitrogens with one attached hydrogen (secondary N) is 1. The van der Waals surface area contributed by atoms with Crippen LogP contribution >= 0.6 is 0 Å². The Hall–Kier alpha value is -1.88. The van der Waals surface area contributed by atoms with E-state index in [9.17, 15) is 9.59 Å². The van der Waals surface area contributed by atoms with Gasteiger partial charge in [-0.25, -0.2) is 0 Å². The summed E-state index contributed by atoms with van der Waals surface area (Å²) in [5.74, 6) is -0.131.